The van der Waals surface area contributed by atoms with Gasteiger partial charge in [-0.3, -0.25) is 0 Å². The molecule has 0 aliphatic rings. The van der Waals surface area contributed by atoms with E-state index in [2.05, 4.69) is 20.7 Å². The summed E-state index contributed by atoms with van der Waals surface area (Å²) in [6.07, 6.45) is 0. The Balaban J connectivity index is 2.22. The van der Waals surface area contributed by atoms with Crippen molar-refractivity contribution in [1.82, 2.24) is 4.72 Å². The fourth-order valence-electron chi connectivity index (χ4n) is 1.83. The van der Waals surface area contributed by atoms with Crippen LogP contribution >= 0.6 is 27.3 Å². The third kappa shape index (κ3) is 3.48. The highest BCUT2D eigenvalue weighted by Gasteiger charge is 2.21. The van der Waals surface area contributed by atoms with Gasteiger partial charge in [0.2, 0.25) is 10.0 Å². The Hall–Kier alpha value is -0.730. The number of thiophene rings is 1. The second-order valence-electron chi connectivity index (χ2n) is 4.31. The molecule has 7 heteroatoms. The first kappa shape index (κ1) is 15.7. The number of hydrogen-bond donors (Lipinski definition) is 2. The molecule has 0 saturated carbocycles. The lowest BCUT2D eigenvalue weighted by molar-refractivity contribution is 0.566. The zero-order valence-electron chi connectivity index (χ0n) is 10.8. The van der Waals surface area contributed by atoms with Gasteiger partial charge >= 0.3 is 0 Å². The first-order valence-corrected chi connectivity index (χ1v) is 9.14. The largest absolute Gasteiger partial charge is 0.326 e. The van der Waals surface area contributed by atoms with Crippen LogP contribution in [0, 0.1) is 0 Å². The van der Waals surface area contributed by atoms with Crippen LogP contribution in [-0.4, -0.2) is 8.42 Å². The summed E-state index contributed by atoms with van der Waals surface area (Å²) in [5.41, 5.74) is 6.47. The van der Waals surface area contributed by atoms with Crippen molar-refractivity contribution in [2.75, 3.05) is 0 Å². The van der Waals surface area contributed by atoms with Crippen LogP contribution in [0.3, 0.4) is 0 Å². The van der Waals surface area contributed by atoms with Crippen molar-refractivity contribution in [2.45, 2.75) is 24.4 Å². The second-order valence-corrected chi connectivity index (χ2v) is 7.91. The van der Waals surface area contributed by atoms with Gasteiger partial charge in [0.25, 0.3) is 0 Å². The monoisotopic (exact) mass is 374 g/mol. The third-order valence-electron chi connectivity index (χ3n) is 2.88. The van der Waals surface area contributed by atoms with Crippen LogP contribution in [0.25, 0.3) is 0 Å². The van der Waals surface area contributed by atoms with Crippen molar-refractivity contribution in [1.29, 1.82) is 0 Å². The Kier molecular flexibility index (Phi) is 4.98. The predicted octanol–water partition coefficient (Wildman–Crippen LogP) is 3.01. The van der Waals surface area contributed by atoms with E-state index < -0.39 is 10.0 Å². The van der Waals surface area contributed by atoms with Crippen LogP contribution in [0.5, 0.6) is 0 Å². The molecule has 0 aliphatic heterocycles. The van der Waals surface area contributed by atoms with Gasteiger partial charge in [0.05, 0.1) is 4.90 Å². The number of halogens is 1. The van der Waals surface area contributed by atoms with Gasteiger partial charge in [-0.05, 0) is 36.1 Å². The average Bonchev–Trinajstić information content (AvgIpc) is 2.88. The van der Waals surface area contributed by atoms with Crippen molar-refractivity contribution >= 4 is 37.3 Å². The molecule has 0 bridgehead atoms. The lowest BCUT2D eigenvalue weighted by Gasteiger charge is -2.15. The van der Waals surface area contributed by atoms with Gasteiger partial charge in [-0.2, -0.15) is 0 Å². The van der Waals surface area contributed by atoms with Gasteiger partial charge in [0, 0.05) is 21.9 Å². The summed E-state index contributed by atoms with van der Waals surface area (Å²) < 4.78 is 28.3. The van der Waals surface area contributed by atoms with Crippen LogP contribution in [0.2, 0.25) is 0 Å². The highest BCUT2D eigenvalue weighted by Crippen LogP contribution is 2.24. The highest BCUT2D eigenvalue weighted by atomic mass is 79.9. The first-order valence-electron chi connectivity index (χ1n) is 5.98. The molecular formula is C13H15BrN2O2S2. The SMILES string of the molecule is CC(NS(=O)(=O)c1ccsc1CN)c1ccc(Br)cc1. The van der Waals surface area contributed by atoms with Crippen molar-refractivity contribution < 1.29 is 8.42 Å². The smallest absolute Gasteiger partial charge is 0.242 e. The first-order chi connectivity index (χ1) is 9.44. The van der Waals surface area contributed by atoms with Gasteiger partial charge in [0.1, 0.15) is 0 Å². The molecule has 20 heavy (non-hydrogen) atoms. The Labute approximate surface area is 131 Å². The normalized spacial score (nSPS) is 13.3. The molecule has 1 unspecified atom stereocenters. The number of sulfonamides is 1. The van der Waals surface area contributed by atoms with E-state index in [1.165, 1.54) is 11.3 Å². The van der Waals surface area contributed by atoms with E-state index in [1.807, 2.05) is 31.2 Å². The third-order valence-corrected chi connectivity index (χ3v) is 6.11. The number of rotatable bonds is 5. The van der Waals surface area contributed by atoms with Crippen LogP contribution in [-0.2, 0) is 16.6 Å². The van der Waals surface area contributed by atoms with Crippen molar-refractivity contribution in [2.24, 2.45) is 5.73 Å². The molecule has 2 rings (SSSR count). The average molecular weight is 375 g/mol. The predicted molar refractivity (Wildman–Crippen MR) is 85.1 cm³/mol. The minimum absolute atomic E-state index is 0.223. The molecule has 1 aromatic carbocycles. The standard InChI is InChI=1S/C13H15BrN2O2S2/c1-9(10-2-4-11(14)5-3-10)16-20(17,18)13-6-7-19-12(13)8-15/h2-7,9,16H,8,15H2,1H3. The zero-order valence-corrected chi connectivity index (χ0v) is 14.1. The summed E-state index contributed by atoms with van der Waals surface area (Å²) in [7, 11) is -3.55. The van der Waals surface area contributed by atoms with Crippen molar-refractivity contribution in [3.05, 3.63) is 50.6 Å². The molecule has 0 aliphatic carbocycles. The molecule has 0 amide bonds. The number of benzene rings is 1. The molecule has 0 spiro atoms. The minimum atomic E-state index is -3.55. The van der Waals surface area contributed by atoms with E-state index in [0.29, 0.717) is 4.88 Å². The van der Waals surface area contributed by atoms with Crippen LogP contribution in [0.15, 0.2) is 45.1 Å². The molecule has 108 valence electrons. The Morgan fingerprint density at radius 2 is 1.95 bits per heavy atom. The van der Waals surface area contributed by atoms with Gasteiger partial charge in [-0.15, -0.1) is 11.3 Å². The molecule has 2 aromatic rings. The van der Waals surface area contributed by atoms with Gasteiger partial charge < -0.3 is 5.73 Å². The van der Waals surface area contributed by atoms with Crippen LogP contribution < -0.4 is 10.5 Å². The van der Waals surface area contributed by atoms with Gasteiger partial charge in [-0.1, -0.05) is 28.1 Å². The van der Waals surface area contributed by atoms with Gasteiger partial charge in [0.15, 0.2) is 0 Å². The minimum Gasteiger partial charge on any atom is -0.326 e. The molecule has 1 aromatic heterocycles. The Bertz CT molecular complexity index is 681. The number of nitrogens with one attached hydrogen (secondary N) is 1. The summed E-state index contributed by atoms with van der Waals surface area (Å²) in [5.74, 6) is 0. The Morgan fingerprint density at radius 1 is 1.30 bits per heavy atom. The van der Waals surface area contributed by atoms with Gasteiger partial charge in [-0.25, -0.2) is 13.1 Å². The van der Waals surface area contributed by atoms with Crippen LogP contribution in [0.4, 0.5) is 0 Å². The Morgan fingerprint density at radius 3 is 2.55 bits per heavy atom. The summed E-state index contributed by atoms with van der Waals surface area (Å²) in [6.45, 7) is 2.04. The molecule has 3 N–H and O–H groups in total. The fourth-order valence-corrected chi connectivity index (χ4v) is 4.66. The molecule has 0 fully saturated rings. The topological polar surface area (TPSA) is 72.2 Å². The fraction of sp³-hybridized carbons (Fsp3) is 0.231. The maximum absolute atomic E-state index is 12.4. The summed E-state index contributed by atoms with van der Waals surface area (Å²) in [4.78, 5) is 0.939. The zero-order chi connectivity index (χ0) is 14.8. The lowest BCUT2D eigenvalue weighted by Crippen LogP contribution is -2.27. The van der Waals surface area contributed by atoms with E-state index in [4.69, 9.17) is 5.73 Å². The van der Waals surface area contributed by atoms with E-state index >= 15 is 0 Å². The second kappa shape index (κ2) is 6.36. The molecular weight excluding hydrogens is 360 g/mol. The molecule has 0 radical (unpaired) electrons. The van der Waals surface area contributed by atoms with Crippen molar-refractivity contribution in [3.63, 3.8) is 0 Å². The quantitative estimate of drug-likeness (QED) is 0.844. The van der Waals surface area contributed by atoms with E-state index in [1.54, 1.807) is 11.4 Å². The van der Waals surface area contributed by atoms with E-state index in [9.17, 15) is 8.42 Å². The summed E-state index contributed by atoms with van der Waals surface area (Å²) >= 11 is 4.71. The van der Waals surface area contributed by atoms with Crippen LogP contribution in [0.1, 0.15) is 23.4 Å². The highest BCUT2D eigenvalue weighted by molar-refractivity contribution is 9.10. The number of nitrogens with two attached hydrogens (primary N) is 1. The molecule has 1 heterocycles. The lowest BCUT2D eigenvalue weighted by atomic mass is 10.1. The van der Waals surface area contributed by atoms with Crippen molar-refractivity contribution in [3.8, 4) is 0 Å². The maximum atomic E-state index is 12.4. The molecule has 1 atom stereocenters. The van der Waals surface area contributed by atoms with E-state index in [-0.39, 0.29) is 17.5 Å². The summed E-state index contributed by atoms with van der Waals surface area (Å²) in [6, 6.07) is 8.82. The maximum Gasteiger partial charge on any atom is 0.242 e. The van der Waals surface area contributed by atoms with E-state index in [0.717, 1.165) is 10.0 Å². The summed E-state index contributed by atoms with van der Waals surface area (Å²) in [5, 5.41) is 1.74. The molecule has 0 saturated heterocycles. The number of hydrogen-bond acceptors (Lipinski definition) is 4. The molecule has 4 nitrogen and oxygen atoms in total.